The molecule has 3 N–H and O–H groups in total. The number of rotatable bonds is 6. The van der Waals surface area contributed by atoms with Crippen molar-refractivity contribution in [2.75, 3.05) is 10.6 Å². The molecule has 0 saturated carbocycles. The lowest BCUT2D eigenvalue weighted by Crippen LogP contribution is -2.32. The number of amides is 2. The number of nitrogens with zero attached hydrogens (tertiary/aromatic N) is 1. The highest BCUT2D eigenvalue weighted by molar-refractivity contribution is 7.80. The fourth-order valence-electron chi connectivity index (χ4n) is 2.74. The van der Waals surface area contributed by atoms with E-state index in [1.54, 1.807) is 54.6 Å². The molecule has 0 aliphatic heterocycles. The van der Waals surface area contributed by atoms with E-state index in [0.717, 1.165) is 0 Å². The summed E-state index contributed by atoms with van der Waals surface area (Å²) in [5.41, 5.74) is 1.86. The highest BCUT2D eigenvalue weighted by Crippen LogP contribution is 2.17. The van der Waals surface area contributed by atoms with Crippen LogP contribution in [0.15, 0.2) is 78.9 Å². The summed E-state index contributed by atoms with van der Waals surface area (Å²) in [4.78, 5) is 34.9. The van der Waals surface area contributed by atoms with Gasteiger partial charge in [0.05, 0.1) is 4.92 Å². The number of nitro groups is 1. The van der Waals surface area contributed by atoms with Crippen molar-refractivity contribution >= 4 is 63.9 Å². The number of anilines is 2. The lowest BCUT2D eigenvalue weighted by molar-refractivity contribution is -0.384. The third-order valence-electron chi connectivity index (χ3n) is 4.21. The molecule has 166 valence electrons. The first-order valence-corrected chi connectivity index (χ1v) is 10.3. The topological polar surface area (TPSA) is 113 Å². The predicted octanol–water partition coefficient (Wildman–Crippen LogP) is 5.03. The van der Waals surface area contributed by atoms with E-state index >= 15 is 0 Å². The molecule has 0 fully saturated rings. The Morgan fingerprint density at radius 1 is 0.939 bits per heavy atom. The molecule has 0 aliphatic rings. The first-order valence-electron chi connectivity index (χ1n) is 9.51. The van der Waals surface area contributed by atoms with Crippen LogP contribution in [0.25, 0.3) is 6.08 Å². The van der Waals surface area contributed by atoms with Crippen LogP contribution in [0.2, 0.25) is 5.02 Å². The van der Waals surface area contributed by atoms with E-state index in [1.165, 1.54) is 30.4 Å². The fourth-order valence-corrected chi connectivity index (χ4v) is 3.15. The van der Waals surface area contributed by atoms with E-state index < -0.39 is 10.8 Å². The third kappa shape index (κ3) is 7.23. The van der Waals surface area contributed by atoms with E-state index in [4.69, 9.17) is 23.8 Å². The summed E-state index contributed by atoms with van der Waals surface area (Å²) in [6, 6.07) is 19.2. The number of carbonyl (C=O) groups is 2. The van der Waals surface area contributed by atoms with Gasteiger partial charge in [-0.1, -0.05) is 35.9 Å². The van der Waals surface area contributed by atoms with Crippen LogP contribution in [0.1, 0.15) is 15.9 Å². The Balaban J connectivity index is 1.58. The van der Waals surface area contributed by atoms with Gasteiger partial charge in [-0.05, 0) is 60.3 Å². The molecule has 8 nitrogen and oxygen atoms in total. The van der Waals surface area contributed by atoms with Crippen molar-refractivity contribution in [3.63, 3.8) is 0 Å². The van der Waals surface area contributed by atoms with Crippen LogP contribution in [-0.2, 0) is 4.79 Å². The number of hydrogen-bond donors (Lipinski definition) is 3. The summed E-state index contributed by atoms with van der Waals surface area (Å²) in [5, 5.41) is 19.4. The molecule has 0 bridgehead atoms. The average molecular weight is 481 g/mol. The third-order valence-corrected chi connectivity index (χ3v) is 4.65. The second kappa shape index (κ2) is 11.0. The zero-order valence-corrected chi connectivity index (χ0v) is 18.5. The highest BCUT2D eigenvalue weighted by atomic mass is 35.5. The summed E-state index contributed by atoms with van der Waals surface area (Å²) < 4.78 is 0. The van der Waals surface area contributed by atoms with E-state index in [-0.39, 0.29) is 16.7 Å². The zero-order valence-electron chi connectivity index (χ0n) is 16.9. The van der Waals surface area contributed by atoms with E-state index in [2.05, 4.69) is 16.0 Å². The molecule has 0 radical (unpaired) electrons. The monoisotopic (exact) mass is 480 g/mol. The lowest BCUT2D eigenvalue weighted by Gasteiger charge is -2.10. The van der Waals surface area contributed by atoms with Crippen molar-refractivity contribution in [1.29, 1.82) is 0 Å². The van der Waals surface area contributed by atoms with Gasteiger partial charge in [-0.3, -0.25) is 25.0 Å². The molecule has 2 amide bonds. The number of hydrogen-bond acceptors (Lipinski definition) is 5. The van der Waals surface area contributed by atoms with Crippen molar-refractivity contribution in [2.24, 2.45) is 0 Å². The standard InChI is InChI=1S/C23H17ClN4O4S/c24-17-6-3-8-19(14-17)25-22(30)16-5-2-7-18(13-16)26-23(33)27-21(29)11-10-15-4-1-9-20(12-15)28(31)32/h1-14H,(H,25,30)(H2,26,27,29,33)/b11-10+. The average Bonchev–Trinajstić information content (AvgIpc) is 2.78. The summed E-state index contributed by atoms with van der Waals surface area (Å²) in [5.74, 6) is -0.857. The zero-order chi connectivity index (χ0) is 23.8. The van der Waals surface area contributed by atoms with Crippen molar-refractivity contribution in [3.8, 4) is 0 Å². The van der Waals surface area contributed by atoms with Crippen molar-refractivity contribution in [2.45, 2.75) is 0 Å². The fraction of sp³-hybridized carbons (Fsp3) is 0. The molecule has 10 heteroatoms. The molecule has 0 spiro atoms. The van der Waals surface area contributed by atoms with Gasteiger partial charge in [-0.25, -0.2) is 0 Å². The molecule has 0 aromatic heterocycles. The van der Waals surface area contributed by atoms with Gasteiger partial charge in [0.1, 0.15) is 0 Å². The molecular weight excluding hydrogens is 464 g/mol. The Bertz CT molecular complexity index is 1260. The lowest BCUT2D eigenvalue weighted by atomic mass is 10.2. The predicted molar refractivity (Wildman–Crippen MR) is 132 cm³/mol. The Kier molecular flexibility index (Phi) is 7.85. The normalized spacial score (nSPS) is 10.5. The maximum Gasteiger partial charge on any atom is 0.270 e. The summed E-state index contributed by atoms with van der Waals surface area (Å²) in [6.07, 6.45) is 2.65. The minimum Gasteiger partial charge on any atom is -0.332 e. The summed E-state index contributed by atoms with van der Waals surface area (Å²) in [7, 11) is 0. The van der Waals surface area contributed by atoms with Gasteiger partial charge < -0.3 is 10.6 Å². The number of nitrogens with one attached hydrogen (secondary N) is 3. The second-order valence-electron chi connectivity index (χ2n) is 6.67. The molecule has 0 atom stereocenters. The Hall–Kier alpha value is -4.08. The van der Waals surface area contributed by atoms with E-state index in [9.17, 15) is 19.7 Å². The Morgan fingerprint density at radius 3 is 2.36 bits per heavy atom. The Morgan fingerprint density at radius 2 is 1.64 bits per heavy atom. The summed E-state index contributed by atoms with van der Waals surface area (Å²) in [6.45, 7) is 0. The van der Waals surface area contributed by atoms with Gasteiger partial charge in [-0.15, -0.1) is 0 Å². The quantitative estimate of drug-likeness (QED) is 0.197. The minimum absolute atomic E-state index is 0.0242. The Labute approximate surface area is 199 Å². The number of halogens is 1. The number of non-ortho nitro benzene ring substituents is 1. The molecule has 0 heterocycles. The van der Waals surface area contributed by atoms with Crippen LogP contribution in [0.3, 0.4) is 0 Å². The van der Waals surface area contributed by atoms with Gasteiger partial charge >= 0.3 is 0 Å². The molecule has 3 aromatic rings. The van der Waals surface area contributed by atoms with Gasteiger partial charge in [0.25, 0.3) is 11.6 Å². The summed E-state index contributed by atoms with van der Waals surface area (Å²) >= 11 is 11.1. The van der Waals surface area contributed by atoms with Crippen LogP contribution in [0.4, 0.5) is 17.1 Å². The number of benzene rings is 3. The molecule has 0 unspecified atom stereocenters. The van der Waals surface area contributed by atoms with Gasteiger partial charge in [0, 0.05) is 40.2 Å². The largest absolute Gasteiger partial charge is 0.332 e. The van der Waals surface area contributed by atoms with Crippen molar-refractivity contribution in [3.05, 3.63) is 105 Å². The maximum absolute atomic E-state index is 12.5. The molecule has 0 saturated heterocycles. The SMILES string of the molecule is O=C(/C=C/c1cccc([N+](=O)[O-])c1)NC(=S)Nc1cccc(C(=O)Nc2cccc(Cl)c2)c1. The molecule has 3 aromatic carbocycles. The van der Waals surface area contributed by atoms with Crippen molar-refractivity contribution in [1.82, 2.24) is 5.32 Å². The van der Waals surface area contributed by atoms with Crippen LogP contribution in [0, 0.1) is 10.1 Å². The van der Waals surface area contributed by atoms with E-state index in [1.807, 2.05) is 0 Å². The second-order valence-corrected chi connectivity index (χ2v) is 7.52. The minimum atomic E-state index is -0.520. The maximum atomic E-state index is 12.5. The first kappa shape index (κ1) is 23.6. The van der Waals surface area contributed by atoms with Crippen LogP contribution in [0.5, 0.6) is 0 Å². The van der Waals surface area contributed by atoms with Crippen LogP contribution < -0.4 is 16.0 Å². The smallest absolute Gasteiger partial charge is 0.270 e. The van der Waals surface area contributed by atoms with Crippen LogP contribution in [-0.4, -0.2) is 21.9 Å². The molecular formula is C23H17ClN4O4S. The number of carbonyl (C=O) groups excluding carboxylic acids is 2. The van der Waals surface area contributed by atoms with Crippen LogP contribution >= 0.6 is 23.8 Å². The highest BCUT2D eigenvalue weighted by Gasteiger charge is 2.09. The number of thiocarbonyl (C=S) groups is 1. The van der Waals surface area contributed by atoms with Gasteiger partial charge in [0.2, 0.25) is 5.91 Å². The van der Waals surface area contributed by atoms with E-state index in [0.29, 0.717) is 27.5 Å². The first-order chi connectivity index (χ1) is 15.8. The molecule has 0 aliphatic carbocycles. The molecule has 3 rings (SSSR count). The van der Waals surface area contributed by atoms with Gasteiger partial charge in [0.15, 0.2) is 5.11 Å². The molecule has 33 heavy (non-hydrogen) atoms. The van der Waals surface area contributed by atoms with Crippen molar-refractivity contribution < 1.29 is 14.5 Å². The number of nitro benzene ring substituents is 1. The van der Waals surface area contributed by atoms with Gasteiger partial charge in [-0.2, -0.15) is 0 Å².